The van der Waals surface area contributed by atoms with E-state index < -0.39 is 288 Å². The molecule has 0 saturated carbocycles. The van der Waals surface area contributed by atoms with Crippen LogP contribution in [0, 0.1) is 0 Å². The summed E-state index contributed by atoms with van der Waals surface area (Å²) in [6, 6.07) is -25.8. The van der Waals surface area contributed by atoms with Crippen molar-refractivity contribution >= 4 is 43.6 Å². The third kappa shape index (κ3) is 5.29. The lowest BCUT2D eigenvalue weighted by atomic mass is 10.0. The monoisotopic (exact) mass is 746 g/mol. The average Bonchev–Trinajstić information content (AvgIpc) is 1.53. The van der Waals surface area contributed by atoms with Gasteiger partial charge in [-0.1, -0.05) is 163 Å². The van der Waals surface area contributed by atoms with Gasteiger partial charge < -0.3 is 4.57 Å². The first kappa shape index (κ1) is 13.6. The minimum Gasteiger partial charge on any atom is -0.309 e. The molecule has 11 aromatic rings. The van der Waals surface area contributed by atoms with Crippen LogP contribution in [0.25, 0.3) is 100 Å². The molecule has 0 aliphatic carbocycles. The van der Waals surface area contributed by atoms with Crippen molar-refractivity contribution in [3.05, 3.63) is 199 Å². The van der Waals surface area contributed by atoms with Crippen LogP contribution < -0.4 is 0 Å². The SMILES string of the molecule is [2H]c1cc(-c2c([2H])c([2H])cc(-n3c4c([2H])c([2H])c([2H])c([2H])c4c4c([2H])c5c6c([2H])c([2H])c([2H])c([2H])c6n(-c6nc(-c7c([2H])c([2H])c([2H])c([2H])c7[2H])nc(-c7c([2H])c([2H])c(-c8c([2H])c([2H])c([2H])c([2H])c8[2H])c([2H])c7[2H])n6)c5c([2H])c43)c2[2H])c([2H])c([2H])c1[2H]. The zero-order valence-electron chi connectivity index (χ0n) is 58.9. The summed E-state index contributed by atoms with van der Waals surface area (Å²) < 4.78 is 279. The summed E-state index contributed by atoms with van der Waals surface area (Å²) in [5.41, 5.74) is -7.47. The van der Waals surface area contributed by atoms with Crippen LogP contribution in [0.1, 0.15) is 42.5 Å². The molecule has 0 N–H and O–H groups in total. The molecule has 56 heavy (non-hydrogen) atoms. The van der Waals surface area contributed by atoms with Crippen LogP contribution >= 0.6 is 0 Å². The second-order valence-corrected chi connectivity index (χ2v) is 11.7. The van der Waals surface area contributed by atoms with Gasteiger partial charge in [-0.25, -0.2) is 4.98 Å². The summed E-state index contributed by atoms with van der Waals surface area (Å²) in [6.07, 6.45) is 0. The molecule has 0 saturated heterocycles. The van der Waals surface area contributed by atoms with E-state index in [0.29, 0.717) is 0 Å². The highest BCUT2D eigenvalue weighted by Crippen LogP contribution is 2.40. The normalized spacial score (nSPS) is 19.3. The van der Waals surface area contributed by atoms with E-state index in [1.54, 1.807) is 0 Å². The first-order chi connectivity index (χ1) is 40.6. The highest BCUT2D eigenvalue weighted by Gasteiger charge is 2.21. The number of aromatic nitrogens is 5. The largest absolute Gasteiger partial charge is 0.309 e. The van der Waals surface area contributed by atoms with Crippen molar-refractivity contribution in [2.45, 2.75) is 0 Å². The Kier molecular flexibility index (Phi) is 3.17. The topological polar surface area (TPSA) is 48.5 Å². The fourth-order valence-electron chi connectivity index (χ4n) is 6.17. The molecule has 5 nitrogen and oxygen atoms in total. The molecule has 0 spiro atoms. The lowest BCUT2D eigenvalue weighted by Gasteiger charge is -2.12. The Morgan fingerprint density at radius 3 is 1.52 bits per heavy atom. The molecular weight excluding hydrogens is 683 g/mol. The molecule has 0 aliphatic heterocycles. The maximum Gasteiger partial charge on any atom is 0.238 e. The van der Waals surface area contributed by atoms with Gasteiger partial charge in [0.1, 0.15) is 0 Å². The van der Waals surface area contributed by atoms with E-state index in [1.165, 1.54) is 0 Å². The molecule has 262 valence electrons. The minimum atomic E-state index is -1.07. The van der Waals surface area contributed by atoms with Gasteiger partial charge in [0, 0.05) is 38.4 Å². The van der Waals surface area contributed by atoms with Crippen LogP contribution in [0.3, 0.4) is 0 Å². The smallest absolute Gasteiger partial charge is 0.238 e. The quantitative estimate of drug-likeness (QED) is 0.170. The van der Waals surface area contributed by atoms with Gasteiger partial charge in [-0.3, -0.25) is 4.57 Å². The van der Waals surface area contributed by atoms with Crippen molar-refractivity contribution in [2.24, 2.45) is 0 Å². The van der Waals surface area contributed by atoms with E-state index in [0.717, 1.165) is 21.3 Å². The summed E-state index contributed by atoms with van der Waals surface area (Å²) >= 11 is 0. The van der Waals surface area contributed by atoms with Gasteiger partial charge in [0.05, 0.1) is 64.6 Å². The van der Waals surface area contributed by atoms with Gasteiger partial charge >= 0.3 is 0 Å². The van der Waals surface area contributed by atoms with Crippen molar-refractivity contribution in [2.75, 3.05) is 0 Å². The number of nitrogens with zero attached hydrogens (tertiary/aromatic N) is 5. The van der Waals surface area contributed by atoms with E-state index in [1.807, 2.05) is 0 Å². The fourth-order valence-corrected chi connectivity index (χ4v) is 6.17. The Bertz CT molecular complexity index is 4980. The maximum atomic E-state index is 10.4. The first-order valence-electron chi connectivity index (χ1n) is 31.8. The molecule has 0 bridgehead atoms. The number of fused-ring (bicyclic) bond motifs is 6. The molecule has 0 atom stereocenters. The number of hydrogen-bond donors (Lipinski definition) is 0. The van der Waals surface area contributed by atoms with Crippen LogP contribution in [0.2, 0.25) is 0 Å². The average molecular weight is 747 g/mol. The molecule has 0 unspecified atom stereocenters. The van der Waals surface area contributed by atoms with Crippen molar-refractivity contribution < 1.29 is 42.5 Å². The van der Waals surface area contributed by atoms with E-state index in [4.69, 9.17) is 27.4 Å². The molecule has 0 amide bonds. The Labute approximate surface area is 367 Å². The molecule has 8 aromatic carbocycles. The van der Waals surface area contributed by atoms with Gasteiger partial charge in [0.25, 0.3) is 0 Å². The van der Waals surface area contributed by atoms with Crippen LogP contribution in [-0.2, 0) is 0 Å². The van der Waals surface area contributed by atoms with Crippen LogP contribution in [0.5, 0.6) is 0 Å². The molecular formula is C51H33N5. The van der Waals surface area contributed by atoms with Crippen molar-refractivity contribution in [3.63, 3.8) is 0 Å². The number of benzene rings is 8. The number of rotatable bonds is 6. The summed E-state index contributed by atoms with van der Waals surface area (Å²) in [6.45, 7) is 0. The Morgan fingerprint density at radius 2 is 0.821 bits per heavy atom. The summed E-state index contributed by atoms with van der Waals surface area (Å²) in [5, 5.41) is -2.24. The molecule has 3 heterocycles. The van der Waals surface area contributed by atoms with Gasteiger partial charge in [-0.15, -0.1) is 0 Å². The zero-order chi connectivity index (χ0) is 64.0. The summed E-state index contributed by atoms with van der Waals surface area (Å²) in [4.78, 5) is 13.3. The number of hydrogen-bond acceptors (Lipinski definition) is 3. The van der Waals surface area contributed by atoms with Crippen molar-refractivity contribution in [1.82, 2.24) is 24.1 Å². The molecule has 0 aliphatic rings. The standard InChI is InChI=1S/C51H33N5/c1-4-15-34(16-5-1)36-27-29-38(30-28-36)50-52-49(37-19-8-3-9-20-37)53-51(54-50)56-46-26-13-11-24-42(46)44-32-43-41-23-10-12-25-45(41)55(47(43)33-48(44)56)40-22-14-21-39(31-40)35-17-6-2-7-18-35/h1-33H/i1D,2D,3D,4D,5D,6D,7D,8D,9D,10D,11D,12D,13D,14D,15D,16D,17D,19D,20D,21D,23D,24D,25D,26D,27D,28D,29D,30D,31D,32D,33D. The Hall–Kier alpha value is -7.63. The van der Waals surface area contributed by atoms with Crippen LogP contribution in [-0.4, -0.2) is 24.1 Å². The van der Waals surface area contributed by atoms with Gasteiger partial charge in [-0.05, 0) is 58.5 Å². The fraction of sp³-hybridized carbons (Fsp3) is 0. The van der Waals surface area contributed by atoms with E-state index in [2.05, 4.69) is 15.0 Å². The Balaban J connectivity index is 1.38. The van der Waals surface area contributed by atoms with E-state index in [9.17, 15) is 15.1 Å². The first-order valence-corrected chi connectivity index (χ1v) is 16.3. The van der Waals surface area contributed by atoms with Crippen molar-refractivity contribution in [1.29, 1.82) is 0 Å². The third-order valence-corrected chi connectivity index (χ3v) is 8.55. The second-order valence-electron chi connectivity index (χ2n) is 11.7. The molecule has 5 heteroatoms. The van der Waals surface area contributed by atoms with Crippen LogP contribution in [0.15, 0.2) is 199 Å². The minimum absolute atomic E-state index is 0.460. The maximum absolute atomic E-state index is 10.4. The molecule has 3 aromatic heterocycles. The Morgan fingerprint density at radius 1 is 0.321 bits per heavy atom. The van der Waals surface area contributed by atoms with Crippen molar-refractivity contribution in [3.8, 4) is 56.7 Å². The second kappa shape index (κ2) is 13.0. The third-order valence-electron chi connectivity index (χ3n) is 8.55. The predicted molar refractivity (Wildman–Crippen MR) is 230 cm³/mol. The van der Waals surface area contributed by atoms with Crippen LogP contribution in [0.4, 0.5) is 0 Å². The molecule has 11 rings (SSSR count). The van der Waals surface area contributed by atoms with Gasteiger partial charge in [0.15, 0.2) is 11.6 Å². The lowest BCUT2D eigenvalue weighted by Crippen LogP contribution is -2.06. The summed E-state index contributed by atoms with van der Waals surface area (Å²) in [5.74, 6) is -2.84. The zero-order valence-corrected chi connectivity index (χ0v) is 27.9. The highest BCUT2D eigenvalue weighted by atomic mass is 15.2. The van der Waals surface area contributed by atoms with Gasteiger partial charge in [-0.2, -0.15) is 9.97 Å². The van der Waals surface area contributed by atoms with Gasteiger partial charge in [0.2, 0.25) is 5.95 Å². The lowest BCUT2D eigenvalue weighted by molar-refractivity contribution is 0.953. The summed E-state index contributed by atoms with van der Waals surface area (Å²) in [7, 11) is 0. The predicted octanol–water partition coefficient (Wildman–Crippen LogP) is 12.7. The van der Waals surface area contributed by atoms with E-state index >= 15 is 0 Å². The molecule has 0 fully saturated rings. The van der Waals surface area contributed by atoms with E-state index in [-0.39, 0.29) is 0 Å². The number of para-hydroxylation sites is 2. The molecule has 0 radical (unpaired) electrons. The highest BCUT2D eigenvalue weighted by molar-refractivity contribution is 6.19.